The first kappa shape index (κ1) is 20.4. The van der Waals surface area contributed by atoms with Crippen molar-refractivity contribution in [2.45, 2.75) is 25.0 Å². The van der Waals surface area contributed by atoms with Gasteiger partial charge >= 0.3 is 12.5 Å². The molecule has 0 fully saturated rings. The monoisotopic (exact) mass is 402 g/mol. The first-order valence-electron chi connectivity index (χ1n) is 6.97. The molecule has 1 N–H and O–H groups in total. The highest BCUT2D eigenvalue weighted by Crippen LogP contribution is 2.39. The first-order valence-corrected chi connectivity index (χ1v) is 8.12. The van der Waals surface area contributed by atoms with Gasteiger partial charge in [0.05, 0.1) is 21.9 Å². The zero-order valence-electron chi connectivity index (χ0n) is 13.1. The van der Waals surface area contributed by atoms with Crippen LogP contribution in [0.3, 0.4) is 0 Å². The van der Waals surface area contributed by atoms with Crippen LogP contribution in [0.15, 0.2) is 24.3 Å². The Morgan fingerprint density at radius 2 is 1.77 bits per heavy atom. The number of fused-ring (bicyclic) bond motifs is 1. The molecule has 0 bridgehead atoms. The van der Waals surface area contributed by atoms with E-state index >= 15 is 0 Å². The molecule has 144 valence electrons. The van der Waals surface area contributed by atoms with Gasteiger partial charge in [-0.3, -0.25) is 14.7 Å². The smallest absolute Gasteiger partial charge is 0.383 e. The van der Waals surface area contributed by atoms with Crippen LogP contribution in [0.4, 0.5) is 32.0 Å². The number of non-ortho nitro benzene ring substituents is 1. The van der Waals surface area contributed by atoms with E-state index in [1.165, 1.54) is 0 Å². The maximum Gasteiger partial charge on any atom is 0.489 e. The zero-order chi connectivity index (χ0) is 19.9. The number of nitro benzene ring substituents is 1. The van der Waals surface area contributed by atoms with Crippen molar-refractivity contribution in [2.24, 2.45) is 0 Å². The highest BCUT2D eigenvalue weighted by Gasteiger charge is 2.40. The van der Waals surface area contributed by atoms with Crippen LogP contribution >= 0.6 is 11.8 Å². The maximum atomic E-state index is 13.4. The third kappa shape index (κ3) is 4.41. The number of aliphatic hydroxyl groups is 1. The second-order valence-electron chi connectivity index (χ2n) is 5.71. The van der Waals surface area contributed by atoms with E-state index in [0.29, 0.717) is 0 Å². The molecule has 1 aromatic heterocycles. The van der Waals surface area contributed by atoms with E-state index in [1.54, 1.807) is 0 Å². The van der Waals surface area contributed by atoms with Gasteiger partial charge in [-0.1, -0.05) is 0 Å². The van der Waals surface area contributed by atoms with E-state index in [9.17, 15) is 41.6 Å². The molecular weight excluding hydrogens is 390 g/mol. The zero-order valence-corrected chi connectivity index (χ0v) is 13.9. The van der Waals surface area contributed by atoms with Crippen LogP contribution in [-0.4, -0.2) is 32.3 Å². The van der Waals surface area contributed by atoms with E-state index in [2.05, 4.69) is 0 Å². The largest absolute Gasteiger partial charge is 0.489 e. The molecule has 26 heavy (non-hydrogen) atoms. The molecule has 1 unspecified atom stereocenters. The average molecular weight is 402 g/mol. The third-order valence-corrected chi connectivity index (χ3v) is 4.75. The average Bonchev–Trinajstić information content (AvgIpc) is 2.84. The van der Waals surface area contributed by atoms with Crippen LogP contribution in [0.2, 0.25) is 0 Å². The van der Waals surface area contributed by atoms with E-state index in [-0.39, 0.29) is 21.7 Å². The Hall–Kier alpha value is -1.95. The van der Waals surface area contributed by atoms with Crippen molar-refractivity contribution in [3.8, 4) is 0 Å². The molecule has 0 saturated carbocycles. The van der Waals surface area contributed by atoms with Gasteiger partial charge in [0.1, 0.15) is 5.60 Å². The summed E-state index contributed by atoms with van der Waals surface area (Å²) in [6.07, 6.45) is -9.51. The number of hydrogen-bond acceptors (Lipinski definition) is 4. The van der Waals surface area contributed by atoms with Crippen LogP contribution in [0.1, 0.15) is 12.6 Å². The summed E-state index contributed by atoms with van der Waals surface area (Å²) in [6, 6.07) is 3.55. The Labute approximate surface area is 146 Å². The van der Waals surface area contributed by atoms with Gasteiger partial charge in [0, 0.05) is 23.3 Å². The summed E-state index contributed by atoms with van der Waals surface area (Å²) in [7, 11) is 0. The van der Waals surface area contributed by atoms with Crippen molar-refractivity contribution in [1.82, 2.24) is 4.57 Å². The molecule has 12 heteroatoms. The van der Waals surface area contributed by atoms with Crippen LogP contribution in [0, 0.1) is 10.1 Å². The molecular formula is C14H12F6N2O3S. The summed E-state index contributed by atoms with van der Waals surface area (Å²) in [6.45, 7) is 0.960. The van der Waals surface area contributed by atoms with Gasteiger partial charge in [0.2, 0.25) is 0 Å². The summed E-state index contributed by atoms with van der Waals surface area (Å²) in [5, 5.41) is 21.0. The van der Waals surface area contributed by atoms with Gasteiger partial charge in [-0.25, -0.2) is 0 Å². The molecule has 0 aliphatic carbocycles. The van der Waals surface area contributed by atoms with Crippen molar-refractivity contribution in [3.63, 3.8) is 0 Å². The predicted molar refractivity (Wildman–Crippen MR) is 82.8 cm³/mol. The van der Waals surface area contributed by atoms with Crippen molar-refractivity contribution < 1.29 is 36.4 Å². The lowest BCUT2D eigenvalue weighted by Gasteiger charge is -2.26. The fraction of sp³-hybridized carbons (Fsp3) is 0.429. The number of hydrogen-bond donors (Lipinski definition) is 1. The molecule has 0 aliphatic heterocycles. The normalized spacial score (nSPS) is 15.2. The number of halogens is 6. The van der Waals surface area contributed by atoms with Crippen LogP contribution in [0.25, 0.3) is 10.9 Å². The van der Waals surface area contributed by atoms with Crippen LogP contribution in [0.5, 0.6) is 0 Å². The SMILES string of the molecule is CC(O)(CSCC(F)(F)F)c1cc2cc([N+](=O)[O-])ccc2n1C(F)(F)F. The number of rotatable bonds is 5. The molecule has 1 heterocycles. The predicted octanol–water partition coefficient (Wildman–Crippen LogP) is 4.53. The standard InChI is InChI=1S/C14H12F6N2O3S/c1-12(23,6-26-7-13(15,16)17)11-5-8-4-9(22(24)25)2-3-10(8)21(11)14(18,19)20/h2-5,23H,6-7H2,1H3. The Morgan fingerprint density at radius 1 is 1.15 bits per heavy atom. The highest BCUT2D eigenvalue weighted by atomic mass is 32.2. The Kier molecular flexibility index (Phi) is 5.21. The summed E-state index contributed by atoms with van der Waals surface area (Å²) in [5.74, 6) is -1.98. The summed E-state index contributed by atoms with van der Waals surface area (Å²) in [5.41, 5.74) is -3.84. The second-order valence-corrected chi connectivity index (χ2v) is 6.70. The van der Waals surface area contributed by atoms with Crippen LogP contribution in [-0.2, 0) is 11.9 Å². The van der Waals surface area contributed by atoms with Gasteiger partial charge in [-0.05, 0) is 19.1 Å². The van der Waals surface area contributed by atoms with Crippen molar-refractivity contribution >= 4 is 28.4 Å². The Bertz CT molecular complexity index is 828. The fourth-order valence-electron chi connectivity index (χ4n) is 2.43. The molecule has 0 saturated heterocycles. The summed E-state index contributed by atoms with van der Waals surface area (Å²) >= 11 is 0.235. The number of benzene rings is 1. The quantitative estimate of drug-likeness (QED) is 0.453. The van der Waals surface area contributed by atoms with Crippen molar-refractivity contribution in [1.29, 1.82) is 0 Å². The van der Waals surface area contributed by atoms with Gasteiger partial charge in [0.15, 0.2) is 0 Å². The molecule has 0 spiro atoms. The van der Waals surface area contributed by atoms with Gasteiger partial charge in [-0.2, -0.15) is 13.2 Å². The van der Waals surface area contributed by atoms with Crippen molar-refractivity contribution in [3.05, 3.63) is 40.1 Å². The molecule has 0 radical (unpaired) electrons. The van der Waals surface area contributed by atoms with E-state index in [0.717, 1.165) is 31.2 Å². The molecule has 2 rings (SSSR count). The van der Waals surface area contributed by atoms with Crippen molar-refractivity contribution in [2.75, 3.05) is 11.5 Å². The molecule has 0 amide bonds. The van der Waals surface area contributed by atoms with E-state index in [1.807, 2.05) is 0 Å². The molecule has 1 atom stereocenters. The molecule has 2 aromatic rings. The topological polar surface area (TPSA) is 68.3 Å². The number of nitrogens with zero attached hydrogens (tertiary/aromatic N) is 2. The maximum absolute atomic E-state index is 13.4. The first-order chi connectivity index (χ1) is 11.7. The Balaban J connectivity index is 2.52. The Morgan fingerprint density at radius 3 is 2.27 bits per heavy atom. The minimum Gasteiger partial charge on any atom is -0.383 e. The van der Waals surface area contributed by atoms with E-state index in [4.69, 9.17) is 0 Å². The van der Waals surface area contributed by atoms with Gasteiger partial charge in [-0.15, -0.1) is 24.9 Å². The lowest BCUT2D eigenvalue weighted by Crippen LogP contribution is -2.32. The second kappa shape index (κ2) is 6.65. The van der Waals surface area contributed by atoms with E-state index < -0.39 is 51.4 Å². The number of nitro groups is 1. The summed E-state index contributed by atoms with van der Waals surface area (Å²) < 4.78 is 76.9. The molecule has 0 aliphatic rings. The third-order valence-electron chi connectivity index (χ3n) is 3.45. The summed E-state index contributed by atoms with van der Waals surface area (Å²) in [4.78, 5) is 9.99. The fourth-order valence-corrected chi connectivity index (χ4v) is 3.30. The number of thioether (sulfide) groups is 1. The molecule has 1 aromatic carbocycles. The molecule has 5 nitrogen and oxygen atoms in total. The minimum atomic E-state index is -4.98. The van der Waals surface area contributed by atoms with Gasteiger partial charge < -0.3 is 5.11 Å². The van der Waals surface area contributed by atoms with Crippen LogP contribution < -0.4 is 0 Å². The number of aromatic nitrogens is 1. The van der Waals surface area contributed by atoms with Gasteiger partial charge in [0.25, 0.3) is 5.69 Å². The lowest BCUT2D eigenvalue weighted by molar-refractivity contribution is -0.384. The highest BCUT2D eigenvalue weighted by molar-refractivity contribution is 7.99. The number of alkyl halides is 6. The minimum absolute atomic E-state index is 0.160. The lowest BCUT2D eigenvalue weighted by atomic mass is 10.1.